The van der Waals surface area contributed by atoms with Gasteiger partial charge >= 0.3 is 6.18 Å². The molecule has 152 valence electrons. The van der Waals surface area contributed by atoms with E-state index in [0.717, 1.165) is 12.5 Å². The third-order valence-electron chi connectivity index (χ3n) is 4.93. The van der Waals surface area contributed by atoms with E-state index in [-0.39, 0.29) is 17.5 Å². The van der Waals surface area contributed by atoms with Gasteiger partial charge in [-0.25, -0.2) is 0 Å². The largest absolute Gasteiger partial charge is 0.418 e. The Morgan fingerprint density at radius 1 is 1.39 bits per heavy atom. The number of nitrogens with two attached hydrogens (primary N) is 1. The Bertz CT molecular complexity index is 859. The molecule has 0 spiro atoms. The third-order valence-corrected chi connectivity index (χ3v) is 4.93. The van der Waals surface area contributed by atoms with Crippen LogP contribution in [0.5, 0.6) is 0 Å². The topological polar surface area (TPSA) is 91.5 Å². The molecule has 0 saturated carbocycles. The van der Waals surface area contributed by atoms with Gasteiger partial charge in [-0.3, -0.25) is 9.78 Å². The van der Waals surface area contributed by atoms with Crippen LogP contribution in [0, 0.1) is 5.92 Å². The van der Waals surface area contributed by atoms with E-state index < -0.39 is 30.3 Å². The summed E-state index contributed by atoms with van der Waals surface area (Å²) < 4.78 is 40.0. The van der Waals surface area contributed by atoms with Crippen molar-refractivity contribution in [1.82, 2.24) is 10.3 Å². The van der Waals surface area contributed by atoms with Crippen molar-refractivity contribution in [2.24, 2.45) is 11.7 Å². The number of aliphatic hydroxyl groups is 1. The van der Waals surface area contributed by atoms with E-state index in [0.29, 0.717) is 24.2 Å². The number of rotatable bonds is 4. The summed E-state index contributed by atoms with van der Waals surface area (Å²) in [6, 6.07) is 4.53. The maximum atomic E-state index is 13.3. The first-order valence-electron chi connectivity index (χ1n) is 9.07. The van der Waals surface area contributed by atoms with Crippen molar-refractivity contribution in [2.45, 2.75) is 31.6 Å². The molecule has 3 rings (SSSR count). The molecule has 6 nitrogen and oxygen atoms in total. The molecule has 28 heavy (non-hydrogen) atoms. The van der Waals surface area contributed by atoms with Crippen molar-refractivity contribution in [2.75, 3.05) is 24.6 Å². The van der Waals surface area contributed by atoms with Gasteiger partial charge in [0.05, 0.1) is 17.7 Å². The fraction of sp³-hybridized carbons (Fsp3) is 0.474. The molecular formula is C19H23F3N4O2. The van der Waals surface area contributed by atoms with Crippen LogP contribution in [0.25, 0.3) is 10.9 Å². The Hall–Kier alpha value is -2.39. The monoisotopic (exact) mass is 396 g/mol. The molecule has 4 N–H and O–H groups in total. The lowest BCUT2D eigenvalue weighted by Gasteiger charge is -2.39. The van der Waals surface area contributed by atoms with Crippen LogP contribution < -0.4 is 16.0 Å². The number of piperidine rings is 1. The smallest absolute Gasteiger partial charge is 0.394 e. The minimum Gasteiger partial charge on any atom is -0.394 e. The Morgan fingerprint density at radius 3 is 2.82 bits per heavy atom. The fourth-order valence-electron chi connectivity index (χ4n) is 3.71. The number of nitrogens with zero attached hydrogens (tertiary/aromatic N) is 2. The van der Waals surface area contributed by atoms with E-state index in [9.17, 15) is 18.0 Å². The lowest BCUT2D eigenvalue weighted by Crippen LogP contribution is -2.54. The van der Waals surface area contributed by atoms with E-state index in [1.807, 2.05) is 11.8 Å². The first kappa shape index (κ1) is 20.3. The fourth-order valence-corrected chi connectivity index (χ4v) is 3.71. The van der Waals surface area contributed by atoms with Gasteiger partial charge in [0.15, 0.2) is 0 Å². The summed E-state index contributed by atoms with van der Waals surface area (Å²) in [7, 11) is 0. The number of anilines is 1. The minimum atomic E-state index is -4.49. The summed E-state index contributed by atoms with van der Waals surface area (Å²) in [5, 5.41) is 12.3. The first-order valence-corrected chi connectivity index (χ1v) is 9.07. The second-order valence-corrected chi connectivity index (χ2v) is 7.27. The molecule has 1 fully saturated rings. The molecule has 0 bridgehead atoms. The Kier molecular flexibility index (Phi) is 5.76. The van der Waals surface area contributed by atoms with Gasteiger partial charge in [0.1, 0.15) is 6.04 Å². The highest BCUT2D eigenvalue weighted by molar-refractivity contribution is 5.94. The number of alkyl halides is 3. The Labute approximate surface area is 160 Å². The molecule has 9 heteroatoms. The number of halogens is 3. The van der Waals surface area contributed by atoms with Crippen LogP contribution in [-0.4, -0.2) is 47.8 Å². The number of amides is 1. The predicted octanol–water partition coefficient (Wildman–Crippen LogP) is 1.90. The second kappa shape index (κ2) is 7.92. The van der Waals surface area contributed by atoms with Crippen LogP contribution >= 0.6 is 0 Å². The summed E-state index contributed by atoms with van der Waals surface area (Å²) >= 11 is 0. The molecular weight excluding hydrogens is 373 g/mol. The van der Waals surface area contributed by atoms with Gasteiger partial charge in [0.2, 0.25) is 5.91 Å². The van der Waals surface area contributed by atoms with Crippen molar-refractivity contribution in [3.05, 3.63) is 36.0 Å². The second-order valence-electron chi connectivity index (χ2n) is 7.27. The van der Waals surface area contributed by atoms with E-state index >= 15 is 0 Å². The number of hydrogen-bond donors (Lipinski definition) is 3. The van der Waals surface area contributed by atoms with Crippen LogP contribution in [0.15, 0.2) is 30.5 Å². The molecule has 1 saturated heterocycles. The Morgan fingerprint density at radius 2 is 2.14 bits per heavy atom. The average molecular weight is 396 g/mol. The summed E-state index contributed by atoms with van der Waals surface area (Å²) in [5.41, 5.74) is 5.34. The van der Waals surface area contributed by atoms with Crippen molar-refractivity contribution >= 4 is 22.5 Å². The Balaban J connectivity index is 1.92. The van der Waals surface area contributed by atoms with Crippen LogP contribution in [0.2, 0.25) is 0 Å². The number of fused-ring (bicyclic) bond motifs is 1. The number of pyridine rings is 1. The molecule has 2 aromatic rings. The van der Waals surface area contributed by atoms with Gasteiger partial charge in [-0.1, -0.05) is 6.92 Å². The zero-order valence-electron chi connectivity index (χ0n) is 15.4. The summed E-state index contributed by atoms with van der Waals surface area (Å²) in [6.45, 7) is 2.65. The number of aliphatic hydroxyl groups excluding tert-OH is 1. The van der Waals surface area contributed by atoms with Gasteiger partial charge in [-0.05, 0) is 36.6 Å². The zero-order chi connectivity index (χ0) is 20.5. The van der Waals surface area contributed by atoms with Gasteiger partial charge in [0, 0.05) is 36.4 Å². The molecule has 1 amide bonds. The molecule has 1 aromatic carbocycles. The van der Waals surface area contributed by atoms with E-state index in [1.54, 1.807) is 12.1 Å². The molecule has 2 heterocycles. The van der Waals surface area contributed by atoms with E-state index in [4.69, 9.17) is 10.8 Å². The SMILES string of the molecule is C[C@H]1C[C@@H](NC(=O)C(N)CO)CN(c2ccc(C(F)(F)F)c3ncccc23)C1. The number of hydrogen-bond acceptors (Lipinski definition) is 5. The maximum Gasteiger partial charge on any atom is 0.418 e. The first-order chi connectivity index (χ1) is 13.2. The molecule has 0 radical (unpaired) electrons. The van der Waals surface area contributed by atoms with Crippen LogP contribution in [0.1, 0.15) is 18.9 Å². The lowest BCUT2D eigenvalue weighted by atomic mass is 9.94. The van der Waals surface area contributed by atoms with Gasteiger partial charge in [0.25, 0.3) is 0 Å². The summed E-state index contributed by atoms with van der Waals surface area (Å²) in [6.07, 6.45) is -2.42. The number of aromatic nitrogens is 1. The van der Waals surface area contributed by atoms with Crippen LogP contribution in [0.3, 0.4) is 0 Å². The highest BCUT2D eigenvalue weighted by atomic mass is 19.4. The quantitative estimate of drug-likeness (QED) is 0.734. The van der Waals surface area contributed by atoms with Crippen molar-refractivity contribution in [1.29, 1.82) is 0 Å². The zero-order valence-corrected chi connectivity index (χ0v) is 15.4. The highest BCUT2D eigenvalue weighted by Crippen LogP contribution is 2.38. The van der Waals surface area contributed by atoms with Crippen molar-refractivity contribution in [3.63, 3.8) is 0 Å². The number of carbonyl (C=O) groups excluding carboxylic acids is 1. The van der Waals surface area contributed by atoms with Gasteiger partial charge in [-0.2, -0.15) is 13.2 Å². The third kappa shape index (κ3) is 4.20. The maximum absolute atomic E-state index is 13.3. The number of nitrogens with one attached hydrogen (secondary N) is 1. The molecule has 1 aromatic heterocycles. The number of benzene rings is 1. The average Bonchev–Trinajstić information content (AvgIpc) is 2.65. The molecule has 1 unspecified atom stereocenters. The predicted molar refractivity (Wildman–Crippen MR) is 99.7 cm³/mol. The molecule has 3 atom stereocenters. The summed E-state index contributed by atoms with van der Waals surface area (Å²) in [4.78, 5) is 17.9. The molecule has 1 aliphatic rings. The normalized spacial score (nSPS) is 21.6. The highest BCUT2D eigenvalue weighted by Gasteiger charge is 2.35. The number of carbonyl (C=O) groups is 1. The van der Waals surface area contributed by atoms with E-state index in [2.05, 4.69) is 10.3 Å². The van der Waals surface area contributed by atoms with E-state index in [1.165, 1.54) is 12.3 Å². The van der Waals surface area contributed by atoms with Gasteiger partial charge in [-0.15, -0.1) is 0 Å². The molecule has 1 aliphatic heterocycles. The van der Waals surface area contributed by atoms with Crippen molar-refractivity contribution in [3.8, 4) is 0 Å². The van der Waals surface area contributed by atoms with Crippen LogP contribution in [0.4, 0.5) is 18.9 Å². The van der Waals surface area contributed by atoms with Gasteiger partial charge < -0.3 is 21.1 Å². The molecule has 0 aliphatic carbocycles. The van der Waals surface area contributed by atoms with Crippen LogP contribution in [-0.2, 0) is 11.0 Å². The minimum absolute atomic E-state index is 0.0892. The standard InChI is InChI=1S/C19H23F3N4O2/c1-11-7-12(25-18(28)15(23)10-27)9-26(8-11)16-5-4-14(19(20,21)22)17-13(16)3-2-6-24-17/h2-6,11-12,15,27H,7-10,23H2,1H3,(H,25,28)/t11-,12+,15?/m0/s1. The summed E-state index contributed by atoms with van der Waals surface area (Å²) in [5.74, 6) is -0.237. The van der Waals surface area contributed by atoms with Crippen molar-refractivity contribution < 1.29 is 23.1 Å². The lowest BCUT2D eigenvalue weighted by molar-refractivity contribution is -0.136.